The molecule has 2 rings (SSSR count). The molecule has 0 bridgehead atoms. The molecule has 0 aromatic heterocycles. The molecule has 1 heterocycles. The van der Waals surface area contributed by atoms with Gasteiger partial charge in [0.15, 0.2) is 0 Å². The van der Waals surface area contributed by atoms with Gasteiger partial charge in [-0.15, -0.1) is 0 Å². The first-order valence-corrected chi connectivity index (χ1v) is 3.97. The van der Waals surface area contributed by atoms with Crippen molar-refractivity contribution in [3.63, 3.8) is 0 Å². The second-order valence-electron chi connectivity index (χ2n) is 3.22. The maximum absolute atomic E-state index is 12.9. The fourth-order valence-corrected chi connectivity index (χ4v) is 1.36. The molecule has 1 aliphatic heterocycles. The van der Waals surface area contributed by atoms with Crippen molar-refractivity contribution in [1.82, 2.24) is 10.6 Å². The topological polar surface area (TPSA) is 24.1 Å². The predicted octanol–water partition coefficient (Wildman–Crippen LogP) is 0.0483. The van der Waals surface area contributed by atoms with E-state index in [0.29, 0.717) is 12.6 Å². The maximum atomic E-state index is 12.9. The second kappa shape index (κ2) is 2.47. The monoisotopic (exact) mass is 144 g/mol. The summed E-state index contributed by atoms with van der Waals surface area (Å²) in [6.45, 7) is 1.34. The van der Waals surface area contributed by atoms with Gasteiger partial charge in [-0.2, -0.15) is 0 Å². The lowest BCUT2D eigenvalue weighted by molar-refractivity contribution is 0.298. The first-order chi connectivity index (χ1) is 4.86. The highest BCUT2D eigenvalue weighted by atomic mass is 19.1. The van der Waals surface area contributed by atoms with E-state index in [-0.39, 0.29) is 6.04 Å². The standard InChI is InChI=1S/C7H13FN2/c8-6-3-9-4-7(6)10-5-1-2-5/h5-7,9-10H,1-4H2/t6-,7+/m0/s1. The molecule has 0 amide bonds. The molecule has 3 heteroatoms. The molecule has 2 atom stereocenters. The van der Waals surface area contributed by atoms with Crippen LogP contribution in [0.2, 0.25) is 0 Å². The molecule has 10 heavy (non-hydrogen) atoms. The Labute approximate surface area is 60.2 Å². The molecule has 1 saturated heterocycles. The van der Waals surface area contributed by atoms with E-state index in [4.69, 9.17) is 0 Å². The summed E-state index contributed by atoms with van der Waals surface area (Å²) in [5.74, 6) is 0. The maximum Gasteiger partial charge on any atom is 0.129 e. The summed E-state index contributed by atoms with van der Waals surface area (Å²) in [6.07, 6.45) is 1.81. The van der Waals surface area contributed by atoms with Gasteiger partial charge in [0, 0.05) is 19.1 Å². The highest BCUT2D eigenvalue weighted by molar-refractivity contribution is 4.93. The number of halogens is 1. The van der Waals surface area contributed by atoms with E-state index in [1.54, 1.807) is 0 Å². The lowest BCUT2D eigenvalue weighted by Gasteiger charge is -2.12. The van der Waals surface area contributed by atoms with E-state index in [2.05, 4.69) is 10.6 Å². The van der Waals surface area contributed by atoms with Crippen LogP contribution in [0.25, 0.3) is 0 Å². The molecular formula is C7H13FN2. The summed E-state index contributed by atoms with van der Waals surface area (Å²) in [4.78, 5) is 0. The number of hydrogen-bond donors (Lipinski definition) is 2. The summed E-state index contributed by atoms with van der Waals surface area (Å²) in [6, 6.07) is 0.718. The molecule has 0 aromatic rings. The van der Waals surface area contributed by atoms with Gasteiger partial charge in [0.25, 0.3) is 0 Å². The van der Waals surface area contributed by atoms with Crippen molar-refractivity contribution in [1.29, 1.82) is 0 Å². The molecule has 0 radical (unpaired) electrons. The van der Waals surface area contributed by atoms with E-state index in [1.165, 1.54) is 12.8 Å². The van der Waals surface area contributed by atoms with Gasteiger partial charge < -0.3 is 10.6 Å². The first kappa shape index (κ1) is 6.55. The molecule has 0 spiro atoms. The average Bonchev–Trinajstić information content (AvgIpc) is 2.62. The lowest BCUT2D eigenvalue weighted by Crippen LogP contribution is -2.38. The minimum absolute atomic E-state index is 0.0903. The SMILES string of the molecule is F[C@H]1CNC[C@H]1NC1CC1. The smallest absolute Gasteiger partial charge is 0.129 e. The molecule has 2 N–H and O–H groups in total. The Balaban J connectivity index is 1.79. The zero-order chi connectivity index (χ0) is 6.97. The van der Waals surface area contributed by atoms with Crippen LogP contribution >= 0.6 is 0 Å². The van der Waals surface area contributed by atoms with Crippen molar-refractivity contribution in [2.24, 2.45) is 0 Å². The van der Waals surface area contributed by atoms with Gasteiger partial charge in [-0.1, -0.05) is 0 Å². The second-order valence-corrected chi connectivity index (χ2v) is 3.22. The highest BCUT2D eigenvalue weighted by Gasteiger charge is 2.31. The third kappa shape index (κ3) is 1.30. The van der Waals surface area contributed by atoms with Crippen LogP contribution in [0.4, 0.5) is 4.39 Å². The summed E-state index contributed by atoms with van der Waals surface area (Å²) in [5, 5.41) is 6.28. The van der Waals surface area contributed by atoms with Crippen LogP contribution in [0.1, 0.15) is 12.8 Å². The third-order valence-corrected chi connectivity index (χ3v) is 2.17. The molecule has 1 saturated carbocycles. The Morgan fingerprint density at radius 1 is 1.30 bits per heavy atom. The normalized spacial score (nSPS) is 40.5. The Bertz CT molecular complexity index is 125. The average molecular weight is 144 g/mol. The zero-order valence-corrected chi connectivity index (χ0v) is 5.94. The molecule has 2 aliphatic rings. The van der Waals surface area contributed by atoms with Gasteiger partial charge in [-0.05, 0) is 12.8 Å². The number of hydrogen-bond acceptors (Lipinski definition) is 2. The van der Waals surface area contributed by atoms with Gasteiger partial charge >= 0.3 is 0 Å². The zero-order valence-electron chi connectivity index (χ0n) is 5.94. The van der Waals surface area contributed by atoms with Crippen LogP contribution in [-0.4, -0.2) is 31.3 Å². The van der Waals surface area contributed by atoms with E-state index in [1.807, 2.05) is 0 Å². The molecule has 0 aromatic carbocycles. The van der Waals surface area contributed by atoms with Gasteiger partial charge in [0.1, 0.15) is 6.17 Å². The van der Waals surface area contributed by atoms with E-state index in [9.17, 15) is 4.39 Å². The number of rotatable bonds is 2. The van der Waals surface area contributed by atoms with Crippen LogP contribution < -0.4 is 10.6 Å². The van der Waals surface area contributed by atoms with Crippen LogP contribution in [0.5, 0.6) is 0 Å². The Morgan fingerprint density at radius 3 is 2.60 bits per heavy atom. The Hall–Kier alpha value is -0.150. The fraction of sp³-hybridized carbons (Fsp3) is 1.00. The van der Waals surface area contributed by atoms with Crippen molar-refractivity contribution in [3.05, 3.63) is 0 Å². The molecule has 2 fully saturated rings. The van der Waals surface area contributed by atoms with E-state index < -0.39 is 6.17 Å². The number of alkyl halides is 1. The fourth-order valence-electron chi connectivity index (χ4n) is 1.36. The molecule has 58 valence electrons. The van der Waals surface area contributed by atoms with Crippen molar-refractivity contribution in [2.75, 3.05) is 13.1 Å². The third-order valence-electron chi connectivity index (χ3n) is 2.17. The van der Waals surface area contributed by atoms with Crippen LogP contribution in [0.15, 0.2) is 0 Å². The Kier molecular flexibility index (Phi) is 1.62. The van der Waals surface area contributed by atoms with Gasteiger partial charge in [-0.25, -0.2) is 4.39 Å². The van der Waals surface area contributed by atoms with E-state index >= 15 is 0 Å². The van der Waals surface area contributed by atoms with Gasteiger partial charge in [-0.3, -0.25) is 0 Å². The molecule has 0 unspecified atom stereocenters. The van der Waals surface area contributed by atoms with Crippen LogP contribution in [0, 0.1) is 0 Å². The van der Waals surface area contributed by atoms with Gasteiger partial charge in [0.2, 0.25) is 0 Å². The summed E-state index contributed by atoms with van der Waals surface area (Å²) in [5.41, 5.74) is 0. The van der Waals surface area contributed by atoms with Crippen molar-refractivity contribution < 1.29 is 4.39 Å². The molecule has 1 aliphatic carbocycles. The summed E-state index contributed by atoms with van der Waals surface area (Å²) >= 11 is 0. The lowest BCUT2D eigenvalue weighted by atomic mass is 10.2. The number of nitrogens with one attached hydrogen (secondary N) is 2. The molecular weight excluding hydrogens is 131 g/mol. The van der Waals surface area contributed by atoms with Crippen molar-refractivity contribution in [2.45, 2.75) is 31.1 Å². The van der Waals surface area contributed by atoms with Crippen LogP contribution in [-0.2, 0) is 0 Å². The summed E-state index contributed by atoms with van der Waals surface area (Å²) < 4.78 is 12.9. The predicted molar refractivity (Wildman–Crippen MR) is 37.7 cm³/mol. The Morgan fingerprint density at radius 2 is 2.10 bits per heavy atom. The highest BCUT2D eigenvalue weighted by Crippen LogP contribution is 2.21. The summed E-state index contributed by atoms with van der Waals surface area (Å²) in [7, 11) is 0. The quantitative estimate of drug-likeness (QED) is 0.572. The minimum Gasteiger partial charge on any atom is -0.312 e. The van der Waals surface area contributed by atoms with Crippen molar-refractivity contribution >= 4 is 0 Å². The van der Waals surface area contributed by atoms with Crippen molar-refractivity contribution in [3.8, 4) is 0 Å². The molecule has 2 nitrogen and oxygen atoms in total. The first-order valence-electron chi connectivity index (χ1n) is 3.97. The van der Waals surface area contributed by atoms with Crippen LogP contribution in [0.3, 0.4) is 0 Å². The van der Waals surface area contributed by atoms with E-state index in [0.717, 1.165) is 6.54 Å². The largest absolute Gasteiger partial charge is 0.312 e. The minimum atomic E-state index is -0.666. The van der Waals surface area contributed by atoms with Gasteiger partial charge in [0.05, 0.1) is 6.04 Å².